The molecule has 1 saturated heterocycles. The topological polar surface area (TPSA) is 35.8 Å². The van der Waals surface area contributed by atoms with Crippen molar-refractivity contribution < 1.29 is 8.78 Å². The third-order valence-electron chi connectivity index (χ3n) is 1.60. The summed E-state index contributed by atoms with van der Waals surface area (Å²) in [5.41, 5.74) is 0. The minimum atomic E-state index is -2.74. The fourth-order valence-electron chi connectivity index (χ4n) is 0.929. The summed E-state index contributed by atoms with van der Waals surface area (Å²) in [6.07, 6.45) is 0.0850. The van der Waals surface area contributed by atoms with Crippen molar-refractivity contribution in [3.05, 3.63) is 0 Å². The van der Waals surface area contributed by atoms with E-state index in [4.69, 9.17) is 5.26 Å². The smallest absolute Gasteiger partial charge is 0.257 e. The lowest BCUT2D eigenvalue weighted by atomic mass is 10.0. The summed E-state index contributed by atoms with van der Waals surface area (Å²) in [7, 11) is 0. The number of nitrogens with one attached hydrogen (secondary N) is 1. The van der Waals surface area contributed by atoms with Crippen molar-refractivity contribution in [2.24, 2.45) is 5.92 Å². The Kier molecular flexibility index (Phi) is 1.86. The Bertz CT molecular complexity index is 152. The zero-order chi connectivity index (χ0) is 7.61. The molecule has 1 N–H and O–H groups in total. The van der Waals surface area contributed by atoms with Crippen molar-refractivity contribution in [3.8, 4) is 6.07 Å². The van der Waals surface area contributed by atoms with Crippen LogP contribution in [-0.4, -0.2) is 12.6 Å². The molecule has 1 unspecified atom stereocenters. The Morgan fingerprint density at radius 2 is 2.30 bits per heavy atom. The SMILES string of the molecule is N#CC1CCC(F)(F)NC1. The maximum Gasteiger partial charge on any atom is 0.302 e. The lowest BCUT2D eigenvalue weighted by molar-refractivity contribution is -0.0630. The number of hydrogen-bond donors (Lipinski definition) is 1. The van der Waals surface area contributed by atoms with Crippen LogP contribution in [0.3, 0.4) is 0 Å². The molecule has 4 heteroatoms. The van der Waals surface area contributed by atoms with Gasteiger partial charge in [-0.05, 0) is 6.42 Å². The van der Waals surface area contributed by atoms with Crippen molar-refractivity contribution in [3.63, 3.8) is 0 Å². The molecule has 0 aliphatic carbocycles. The molecule has 0 radical (unpaired) electrons. The quantitative estimate of drug-likeness (QED) is 0.519. The maximum absolute atomic E-state index is 12.3. The van der Waals surface area contributed by atoms with Crippen molar-refractivity contribution in [1.82, 2.24) is 5.32 Å². The second-order valence-electron chi connectivity index (χ2n) is 2.45. The van der Waals surface area contributed by atoms with Crippen molar-refractivity contribution in [2.45, 2.75) is 18.9 Å². The molecule has 1 aliphatic rings. The van der Waals surface area contributed by atoms with Gasteiger partial charge in [0, 0.05) is 13.0 Å². The van der Waals surface area contributed by atoms with Gasteiger partial charge < -0.3 is 0 Å². The highest BCUT2D eigenvalue weighted by Crippen LogP contribution is 2.24. The molecule has 1 heterocycles. The Morgan fingerprint density at radius 1 is 1.60 bits per heavy atom. The largest absolute Gasteiger partial charge is 0.302 e. The van der Waals surface area contributed by atoms with E-state index < -0.39 is 6.05 Å². The predicted octanol–water partition coefficient (Wildman–Crippen LogP) is 1.10. The van der Waals surface area contributed by atoms with E-state index in [0.717, 1.165) is 0 Å². The van der Waals surface area contributed by atoms with Gasteiger partial charge >= 0.3 is 6.05 Å². The first kappa shape index (κ1) is 7.42. The van der Waals surface area contributed by atoms with E-state index in [2.05, 4.69) is 0 Å². The van der Waals surface area contributed by atoms with E-state index in [-0.39, 0.29) is 18.9 Å². The first-order chi connectivity index (χ1) is 4.64. The van der Waals surface area contributed by atoms with Crippen LogP contribution in [0, 0.1) is 17.2 Å². The second kappa shape index (κ2) is 2.51. The first-order valence-corrected chi connectivity index (χ1v) is 3.16. The molecule has 0 aromatic rings. The number of piperidine rings is 1. The van der Waals surface area contributed by atoms with Crippen molar-refractivity contribution in [1.29, 1.82) is 5.26 Å². The number of halogens is 2. The summed E-state index contributed by atoms with van der Waals surface area (Å²) in [6, 6.07) is -0.797. The highest BCUT2D eigenvalue weighted by Gasteiger charge is 2.34. The van der Waals surface area contributed by atoms with Gasteiger partial charge in [-0.15, -0.1) is 0 Å². The van der Waals surface area contributed by atoms with Crippen LogP contribution in [-0.2, 0) is 0 Å². The van der Waals surface area contributed by atoms with Gasteiger partial charge in [0.25, 0.3) is 0 Å². The molecule has 0 aromatic heterocycles. The Labute approximate surface area is 57.8 Å². The van der Waals surface area contributed by atoms with Crippen LogP contribution in [0.1, 0.15) is 12.8 Å². The van der Waals surface area contributed by atoms with Crippen molar-refractivity contribution >= 4 is 0 Å². The molecule has 0 aromatic carbocycles. The summed E-state index contributed by atoms with van der Waals surface area (Å²) in [4.78, 5) is 0. The van der Waals surface area contributed by atoms with Gasteiger partial charge in [0.1, 0.15) is 0 Å². The van der Waals surface area contributed by atoms with E-state index in [9.17, 15) is 8.78 Å². The van der Waals surface area contributed by atoms with Crippen LogP contribution in [0.25, 0.3) is 0 Å². The van der Waals surface area contributed by atoms with Crippen molar-refractivity contribution in [2.75, 3.05) is 6.54 Å². The fourth-order valence-corrected chi connectivity index (χ4v) is 0.929. The maximum atomic E-state index is 12.3. The molecule has 0 amide bonds. The zero-order valence-electron chi connectivity index (χ0n) is 5.40. The molecule has 56 valence electrons. The molecule has 1 rings (SSSR count). The Morgan fingerprint density at radius 3 is 2.70 bits per heavy atom. The highest BCUT2D eigenvalue weighted by atomic mass is 19.3. The van der Waals surface area contributed by atoms with Gasteiger partial charge in [0.05, 0.1) is 12.0 Å². The van der Waals surface area contributed by atoms with Gasteiger partial charge in [-0.1, -0.05) is 0 Å². The summed E-state index contributed by atoms with van der Waals surface area (Å²) < 4.78 is 24.6. The van der Waals surface area contributed by atoms with E-state index in [1.807, 2.05) is 11.4 Å². The molecule has 1 atom stereocenters. The van der Waals surface area contributed by atoms with Gasteiger partial charge in [-0.3, -0.25) is 5.32 Å². The van der Waals surface area contributed by atoms with Crippen LogP contribution in [0.5, 0.6) is 0 Å². The third-order valence-corrected chi connectivity index (χ3v) is 1.60. The van der Waals surface area contributed by atoms with Gasteiger partial charge in [0.2, 0.25) is 0 Å². The lowest BCUT2D eigenvalue weighted by Gasteiger charge is -2.25. The zero-order valence-corrected chi connectivity index (χ0v) is 5.40. The summed E-state index contributed by atoms with van der Waals surface area (Å²) in [5.74, 6) is -0.236. The molecule has 10 heavy (non-hydrogen) atoms. The van der Waals surface area contributed by atoms with Crippen LogP contribution < -0.4 is 5.32 Å². The molecule has 1 aliphatic heterocycles. The number of nitrogens with zero attached hydrogens (tertiary/aromatic N) is 1. The minimum Gasteiger partial charge on any atom is -0.257 e. The summed E-state index contributed by atoms with van der Waals surface area (Å²) >= 11 is 0. The standard InChI is InChI=1S/C6H8F2N2/c7-6(8)2-1-5(3-9)4-10-6/h5,10H,1-2,4H2. The van der Waals surface area contributed by atoms with Crippen LogP contribution >= 0.6 is 0 Å². The van der Waals surface area contributed by atoms with E-state index in [1.54, 1.807) is 0 Å². The fraction of sp³-hybridized carbons (Fsp3) is 0.833. The predicted molar refractivity (Wildman–Crippen MR) is 31.3 cm³/mol. The Balaban J connectivity index is 2.40. The number of rotatable bonds is 0. The first-order valence-electron chi connectivity index (χ1n) is 3.16. The van der Waals surface area contributed by atoms with E-state index in [1.165, 1.54) is 0 Å². The minimum absolute atomic E-state index is 0.115. The van der Waals surface area contributed by atoms with Gasteiger partial charge in [0.15, 0.2) is 0 Å². The summed E-state index contributed by atoms with van der Waals surface area (Å²) in [5, 5.41) is 10.3. The summed E-state index contributed by atoms with van der Waals surface area (Å²) in [6.45, 7) is 0.115. The molecular formula is C6H8F2N2. The van der Waals surface area contributed by atoms with Crippen LogP contribution in [0.15, 0.2) is 0 Å². The van der Waals surface area contributed by atoms with Gasteiger partial charge in [-0.2, -0.15) is 14.0 Å². The molecule has 0 spiro atoms. The lowest BCUT2D eigenvalue weighted by Crippen LogP contribution is -2.44. The third kappa shape index (κ3) is 1.64. The van der Waals surface area contributed by atoms with Gasteiger partial charge in [-0.25, -0.2) is 0 Å². The van der Waals surface area contributed by atoms with E-state index in [0.29, 0.717) is 6.42 Å². The number of alkyl halides is 2. The average Bonchev–Trinajstić information content (AvgIpc) is 1.88. The van der Waals surface area contributed by atoms with Crippen LogP contribution in [0.2, 0.25) is 0 Å². The number of hydrogen-bond acceptors (Lipinski definition) is 2. The monoisotopic (exact) mass is 146 g/mol. The molecule has 0 bridgehead atoms. The average molecular weight is 146 g/mol. The molecular weight excluding hydrogens is 138 g/mol. The normalized spacial score (nSPS) is 31.1. The number of nitriles is 1. The highest BCUT2D eigenvalue weighted by molar-refractivity contribution is 4.89. The molecule has 0 saturated carbocycles. The second-order valence-corrected chi connectivity index (χ2v) is 2.45. The molecule has 1 fully saturated rings. The Hall–Kier alpha value is -0.690. The molecule has 2 nitrogen and oxygen atoms in total. The van der Waals surface area contributed by atoms with Crippen LogP contribution in [0.4, 0.5) is 8.78 Å². The van der Waals surface area contributed by atoms with E-state index >= 15 is 0 Å².